The molecule has 0 unspecified atom stereocenters. The molecule has 3 heteroatoms. The molecule has 0 aliphatic heterocycles. The number of ether oxygens (including phenoxy) is 1. The molecule has 0 aliphatic rings. The van der Waals surface area contributed by atoms with Crippen LogP contribution in [0.15, 0.2) is 60.7 Å². The van der Waals surface area contributed by atoms with E-state index in [1.807, 2.05) is 18.2 Å². The van der Waals surface area contributed by atoms with Gasteiger partial charge in [-0.2, -0.15) is 0 Å². The van der Waals surface area contributed by atoms with Gasteiger partial charge in [0.1, 0.15) is 12.4 Å². The number of hydrogen-bond donors (Lipinski definition) is 2. The average molecular weight is 279 g/mol. The van der Waals surface area contributed by atoms with Gasteiger partial charge in [-0.1, -0.05) is 42.5 Å². The summed E-state index contributed by atoms with van der Waals surface area (Å²) in [5, 5.41) is 11.8. The Labute approximate surface area is 123 Å². The van der Waals surface area contributed by atoms with E-state index in [-0.39, 0.29) is 6.61 Å². The van der Waals surface area contributed by atoms with E-state index in [1.54, 1.807) is 18.2 Å². The Morgan fingerprint density at radius 3 is 2.57 bits per heavy atom. The van der Waals surface area contributed by atoms with Crippen molar-refractivity contribution in [2.45, 2.75) is 13.2 Å². The first-order valence-corrected chi connectivity index (χ1v) is 6.86. The molecule has 3 N–H and O–H groups in total. The molecule has 0 saturated heterocycles. The van der Waals surface area contributed by atoms with Gasteiger partial charge < -0.3 is 15.6 Å². The summed E-state index contributed by atoms with van der Waals surface area (Å²) in [5.74, 6) is 0.666. The lowest BCUT2D eigenvalue weighted by Crippen LogP contribution is -2.00. The molecule has 0 fully saturated rings. The Morgan fingerprint density at radius 1 is 0.905 bits per heavy atom. The lowest BCUT2D eigenvalue weighted by molar-refractivity contribution is 0.259. The van der Waals surface area contributed by atoms with Crippen molar-refractivity contribution in [2.24, 2.45) is 0 Å². The Bertz CT molecular complexity index is 763. The summed E-state index contributed by atoms with van der Waals surface area (Å²) in [6.07, 6.45) is 0. The third-order valence-corrected chi connectivity index (χ3v) is 3.52. The van der Waals surface area contributed by atoms with Crippen molar-refractivity contribution in [3.8, 4) is 5.75 Å². The van der Waals surface area contributed by atoms with Gasteiger partial charge in [0.2, 0.25) is 0 Å². The van der Waals surface area contributed by atoms with Crippen molar-refractivity contribution in [1.82, 2.24) is 0 Å². The van der Waals surface area contributed by atoms with Gasteiger partial charge in [0.15, 0.2) is 0 Å². The minimum absolute atomic E-state index is 0.0874. The van der Waals surface area contributed by atoms with Crippen LogP contribution in [0.1, 0.15) is 11.1 Å². The number of nitrogen functional groups attached to an aromatic ring is 1. The number of fused-ring (bicyclic) bond motifs is 1. The van der Waals surface area contributed by atoms with Crippen LogP contribution in [0.25, 0.3) is 10.8 Å². The maximum absolute atomic E-state index is 9.38. The largest absolute Gasteiger partial charge is 0.489 e. The molecule has 0 radical (unpaired) electrons. The number of benzene rings is 3. The number of rotatable bonds is 4. The Kier molecular flexibility index (Phi) is 3.75. The fourth-order valence-electron chi connectivity index (χ4n) is 2.44. The topological polar surface area (TPSA) is 55.5 Å². The maximum atomic E-state index is 9.38. The van der Waals surface area contributed by atoms with E-state index in [1.165, 1.54) is 10.8 Å². The molecule has 0 spiro atoms. The van der Waals surface area contributed by atoms with E-state index in [0.717, 1.165) is 5.56 Å². The first-order valence-electron chi connectivity index (χ1n) is 6.86. The van der Waals surface area contributed by atoms with Crippen LogP contribution in [-0.2, 0) is 13.2 Å². The zero-order valence-corrected chi connectivity index (χ0v) is 11.6. The summed E-state index contributed by atoms with van der Waals surface area (Å²) >= 11 is 0. The third-order valence-electron chi connectivity index (χ3n) is 3.52. The van der Waals surface area contributed by atoms with Gasteiger partial charge in [-0.05, 0) is 34.5 Å². The van der Waals surface area contributed by atoms with E-state index in [9.17, 15) is 5.11 Å². The van der Waals surface area contributed by atoms with Gasteiger partial charge in [-0.3, -0.25) is 0 Å². The second kappa shape index (κ2) is 5.85. The highest BCUT2D eigenvalue weighted by molar-refractivity contribution is 5.85. The second-order valence-electron chi connectivity index (χ2n) is 4.95. The summed E-state index contributed by atoms with van der Waals surface area (Å²) < 4.78 is 5.86. The molecular formula is C18H17NO2. The highest BCUT2D eigenvalue weighted by Crippen LogP contribution is 2.24. The number of aliphatic hydroxyl groups is 1. The van der Waals surface area contributed by atoms with Crippen LogP contribution in [0, 0.1) is 0 Å². The monoisotopic (exact) mass is 279 g/mol. The molecule has 3 nitrogen and oxygen atoms in total. The molecule has 0 bridgehead atoms. The van der Waals surface area contributed by atoms with E-state index in [2.05, 4.69) is 24.3 Å². The fourth-order valence-corrected chi connectivity index (χ4v) is 2.44. The van der Waals surface area contributed by atoms with Crippen molar-refractivity contribution in [1.29, 1.82) is 0 Å². The van der Waals surface area contributed by atoms with Crippen LogP contribution < -0.4 is 10.5 Å². The first-order chi connectivity index (χ1) is 10.3. The summed E-state index contributed by atoms with van der Waals surface area (Å²) in [5.41, 5.74) is 8.16. The third kappa shape index (κ3) is 2.83. The van der Waals surface area contributed by atoms with E-state index < -0.39 is 0 Å². The lowest BCUT2D eigenvalue weighted by atomic mass is 10.1. The summed E-state index contributed by atoms with van der Waals surface area (Å²) in [7, 11) is 0. The van der Waals surface area contributed by atoms with Crippen LogP contribution in [0.2, 0.25) is 0 Å². The normalized spacial score (nSPS) is 10.7. The molecule has 0 heterocycles. The molecule has 0 amide bonds. The van der Waals surface area contributed by atoms with Gasteiger partial charge in [0, 0.05) is 11.3 Å². The van der Waals surface area contributed by atoms with E-state index in [4.69, 9.17) is 10.5 Å². The van der Waals surface area contributed by atoms with Crippen LogP contribution in [-0.4, -0.2) is 5.11 Å². The Morgan fingerprint density at radius 2 is 1.71 bits per heavy atom. The maximum Gasteiger partial charge on any atom is 0.125 e. The minimum Gasteiger partial charge on any atom is -0.489 e. The van der Waals surface area contributed by atoms with Crippen molar-refractivity contribution in [2.75, 3.05) is 5.73 Å². The van der Waals surface area contributed by atoms with Gasteiger partial charge in [-0.25, -0.2) is 0 Å². The zero-order valence-electron chi connectivity index (χ0n) is 11.6. The molecule has 3 aromatic carbocycles. The SMILES string of the molecule is Nc1ccc(OCc2cccc3ccccc23)c(CO)c1. The highest BCUT2D eigenvalue weighted by Gasteiger charge is 2.05. The number of aliphatic hydroxyl groups excluding tert-OH is 1. The predicted octanol–water partition coefficient (Wildman–Crippen LogP) is 3.49. The lowest BCUT2D eigenvalue weighted by Gasteiger charge is -2.12. The molecule has 0 atom stereocenters. The molecule has 21 heavy (non-hydrogen) atoms. The van der Waals surface area contributed by atoms with Gasteiger partial charge in [-0.15, -0.1) is 0 Å². The van der Waals surface area contributed by atoms with Gasteiger partial charge in [0.25, 0.3) is 0 Å². The van der Waals surface area contributed by atoms with Gasteiger partial charge >= 0.3 is 0 Å². The zero-order chi connectivity index (χ0) is 14.7. The minimum atomic E-state index is -0.0874. The smallest absolute Gasteiger partial charge is 0.125 e. The molecular weight excluding hydrogens is 262 g/mol. The van der Waals surface area contributed by atoms with Crippen molar-refractivity contribution in [3.63, 3.8) is 0 Å². The fraction of sp³-hybridized carbons (Fsp3) is 0.111. The van der Waals surface area contributed by atoms with Crippen LogP contribution in [0.5, 0.6) is 5.75 Å². The molecule has 3 aromatic rings. The number of hydrogen-bond acceptors (Lipinski definition) is 3. The van der Waals surface area contributed by atoms with Crippen LogP contribution in [0.3, 0.4) is 0 Å². The molecule has 0 aromatic heterocycles. The van der Waals surface area contributed by atoms with Crippen LogP contribution in [0.4, 0.5) is 5.69 Å². The molecule has 0 saturated carbocycles. The number of nitrogens with two attached hydrogens (primary N) is 1. The number of anilines is 1. The Balaban J connectivity index is 1.87. The Hall–Kier alpha value is -2.52. The van der Waals surface area contributed by atoms with E-state index >= 15 is 0 Å². The predicted molar refractivity (Wildman–Crippen MR) is 85.1 cm³/mol. The summed E-state index contributed by atoms with van der Waals surface area (Å²) in [4.78, 5) is 0. The van der Waals surface area contributed by atoms with E-state index in [0.29, 0.717) is 23.6 Å². The summed E-state index contributed by atoms with van der Waals surface area (Å²) in [6, 6.07) is 19.7. The summed E-state index contributed by atoms with van der Waals surface area (Å²) in [6.45, 7) is 0.369. The standard InChI is InChI=1S/C18H17NO2/c19-16-8-9-18(15(10-16)11-20)21-12-14-6-3-5-13-4-1-2-7-17(13)14/h1-10,20H,11-12,19H2. The van der Waals surface area contributed by atoms with Crippen molar-refractivity contribution < 1.29 is 9.84 Å². The highest BCUT2D eigenvalue weighted by atomic mass is 16.5. The average Bonchev–Trinajstić information content (AvgIpc) is 2.53. The van der Waals surface area contributed by atoms with Crippen molar-refractivity contribution in [3.05, 3.63) is 71.8 Å². The molecule has 0 aliphatic carbocycles. The van der Waals surface area contributed by atoms with Crippen molar-refractivity contribution >= 4 is 16.5 Å². The second-order valence-corrected chi connectivity index (χ2v) is 4.95. The molecule has 3 rings (SSSR count). The quantitative estimate of drug-likeness (QED) is 0.719. The first kappa shape index (κ1) is 13.5. The van der Waals surface area contributed by atoms with Gasteiger partial charge in [0.05, 0.1) is 6.61 Å². The van der Waals surface area contributed by atoms with Crippen LogP contribution >= 0.6 is 0 Å². The molecule has 106 valence electrons.